The molecular formula is C19H20O. The highest BCUT2D eigenvalue weighted by atomic mass is 16.1. The van der Waals surface area contributed by atoms with Crippen LogP contribution < -0.4 is 0 Å². The molecule has 3 rings (SSSR count). The lowest BCUT2D eigenvalue weighted by Crippen LogP contribution is -2.09. The van der Waals surface area contributed by atoms with Gasteiger partial charge in [-0.3, -0.25) is 4.79 Å². The van der Waals surface area contributed by atoms with Crippen LogP contribution in [0.1, 0.15) is 54.4 Å². The van der Waals surface area contributed by atoms with Crippen molar-refractivity contribution in [2.75, 3.05) is 0 Å². The summed E-state index contributed by atoms with van der Waals surface area (Å²) in [6.45, 7) is 1.90. The van der Waals surface area contributed by atoms with E-state index in [1.54, 1.807) is 0 Å². The van der Waals surface area contributed by atoms with Gasteiger partial charge in [-0.05, 0) is 35.4 Å². The first-order chi connectivity index (χ1) is 9.79. The first-order valence-corrected chi connectivity index (χ1v) is 7.52. The molecule has 1 saturated carbocycles. The fourth-order valence-electron chi connectivity index (χ4n) is 2.87. The second-order valence-electron chi connectivity index (χ2n) is 5.57. The van der Waals surface area contributed by atoms with E-state index >= 15 is 0 Å². The van der Waals surface area contributed by atoms with Gasteiger partial charge in [-0.1, -0.05) is 61.9 Å². The van der Waals surface area contributed by atoms with E-state index in [2.05, 4.69) is 36.4 Å². The van der Waals surface area contributed by atoms with Gasteiger partial charge in [-0.25, -0.2) is 0 Å². The van der Waals surface area contributed by atoms with Crippen molar-refractivity contribution in [3.05, 3.63) is 59.7 Å². The van der Waals surface area contributed by atoms with Gasteiger partial charge in [0, 0.05) is 12.0 Å². The molecule has 2 aromatic carbocycles. The van der Waals surface area contributed by atoms with Crippen molar-refractivity contribution in [2.24, 2.45) is 0 Å². The zero-order valence-corrected chi connectivity index (χ0v) is 11.9. The second kappa shape index (κ2) is 5.62. The zero-order valence-electron chi connectivity index (χ0n) is 11.9. The first-order valence-electron chi connectivity index (χ1n) is 7.52. The summed E-state index contributed by atoms with van der Waals surface area (Å²) in [5.74, 6) is 0.937. The van der Waals surface area contributed by atoms with Gasteiger partial charge in [0.15, 0.2) is 5.78 Å². The molecule has 0 saturated heterocycles. The van der Waals surface area contributed by atoms with Crippen molar-refractivity contribution in [2.45, 2.75) is 38.5 Å². The summed E-state index contributed by atoms with van der Waals surface area (Å²) in [6, 6.07) is 16.8. The fourth-order valence-corrected chi connectivity index (χ4v) is 2.87. The number of ketones is 1. The molecule has 0 unspecified atom stereocenters. The summed E-state index contributed by atoms with van der Waals surface area (Å²) in [4.78, 5) is 11.7. The van der Waals surface area contributed by atoms with E-state index in [0.717, 1.165) is 11.5 Å². The van der Waals surface area contributed by atoms with Crippen molar-refractivity contribution in [1.82, 2.24) is 0 Å². The number of carbonyl (C=O) groups is 1. The van der Waals surface area contributed by atoms with E-state index in [4.69, 9.17) is 0 Å². The number of rotatable bonds is 4. The molecule has 102 valence electrons. The molecule has 1 heteroatoms. The van der Waals surface area contributed by atoms with Crippen LogP contribution in [0, 0.1) is 0 Å². The Bertz CT molecular complexity index is 606. The molecule has 20 heavy (non-hydrogen) atoms. The van der Waals surface area contributed by atoms with Crippen LogP contribution in [0.15, 0.2) is 48.5 Å². The highest BCUT2D eigenvalue weighted by molar-refractivity contribution is 5.96. The third kappa shape index (κ3) is 2.40. The van der Waals surface area contributed by atoms with Crippen LogP contribution in [0.4, 0.5) is 0 Å². The molecule has 0 heterocycles. The maximum atomic E-state index is 11.7. The van der Waals surface area contributed by atoms with E-state index in [0.29, 0.717) is 6.42 Å². The molecular weight excluding hydrogens is 244 g/mol. The van der Waals surface area contributed by atoms with E-state index in [9.17, 15) is 4.79 Å². The van der Waals surface area contributed by atoms with Crippen LogP contribution in [0.3, 0.4) is 0 Å². The quantitative estimate of drug-likeness (QED) is 0.692. The van der Waals surface area contributed by atoms with E-state index < -0.39 is 0 Å². The topological polar surface area (TPSA) is 17.1 Å². The summed E-state index contributed by atoms with van der Waals surface area (Å²) in [5, 5.41) is 0. The lowest BCUT2D eigenvalue weighted by atomic mass is 9.77. The van der Waals surface area contributed by atoms with Gasteiger partial charge in [0.2, 0.25) is 0 Å². The van der Waals surface area contributed by atoms with Gasteiger partial charge >= 0.3 is 0 Å². The molecule has 0 N–H and O–H groups in total. The van der Waals surface area contributed by atoms with Gasteiger partial charge in [0.25, 0.3) is 0 Å². The van der Waals surface area contributed by atoms with Crippen LogP contribution in [0.25, 0.3) is 11.1 Å². The standard InChI is InChI=1S/C19H20O/c1-2-19(20)16-12-10-15(11-13-16)18-9-4-3-8-17(18)14-6-5-7-14/h3-4,8-14H,2,5-7H2,1H3. The predicted molar refractivity (Wildman–Crippen MR) is 83.1 cm³/mol. The van der Waals surface area contributed by atoms with E-state index in [-0.39, 0.29) is 5.78 Å². The number of hydrogen-bond acceptors (Lipinski definition) is 1. The van der Waals surface area contributed by atoms with Crippen LogP contribution in [-0.4, -0.2) is 5.78 Å². The Morgan fingerprint density at radius 3 is 2.35 bits per heavy atom. The average molecular weight is 264 g/mol. The third-order valence-corrected chi connectivity index (χ3v) is 4.34. The SMILES string of the molecule is CCC(=O)c1ccc(-c2ccccc2C2CCC2)cc1. The van der Waals surface area contributed by atoms with E-state index in [1.165, 1.54) is 36.0 Å². The van der Waals surface area contributed by atoms with Crippen molar-refractivity contribution in [3.63, 3.8) is 0 Å². The molecule has 0 aliphatic heterocycles. The minimum Gasteiger partial charge on any atom is -0.294 e. The molecule has 0 bridgehead atoms. The van der Waals surface area contributed by atoms with Gasteiger partial charge < -0.3 is 0 Å². The van der Waals surface area contributed by atoms with Crippen molar-refractivity contribution >= 4 is 5.78 Å². The fraction of sp³-hybridized carbons (Fsp3) is 0.316. The Morgan fingerprint density at radius 1 is 1.05 bits per heavy atom. The molecule has 1 aliphatic carbocycles. The lowest BCUT2D eigenvalue weighted by Gasteiger charge is -2.28. The normalized spacial score (nSPS) is 14.8. The highest BCUT2D eigenvalue weighted by Crippen LogP contribution is 2.40. The predicted octanol–water partition coefficient (Wildman–Crippen LogP) is 5.21. The molecule has 0 spiro atoms. The van der Waals surface area contributed by atoms with E-state index in [1.807, 2.05) is 19.1 Å². The Hall–Kier alpha value is -1.89. The molecule has 1 nitrogen and oxygen atoms in total. The summed E-state index contributed by atoms with van der Waals surface area (Å²) in [7, 11) is 0. The Labute approximate surface area is 120 Å². The third-order valence-electron chi connectivity index (χ3n) is 4.34. The zero-order chi connectivity index (χ0) is 13.9. The minimum atomic E-state index is 0.212. The Balaban J connectivity index is 1.94. The minimum absolute atomic E-state index is 0.212. The van der Waals surface area contributed by atoms with Crippen molar-refractivity contribution in [1.29, 1.82) is 0 Å². The Kier molecular flexibility index (Phi) is 3.68. The lowest BCUT2D eigenvalue weighted by molar-refractivity contribution is 0.0988. The second-order valence-corrected chi connectivity index (χ2v) is 5.57. The monoisotopic (exact) mass is 264 g/mol. The van der Waals surface area contributed by atoms with Gasteiger partial charge in [0.1, 0.15) is 0 Å². The summed E-state index contributed by atoms with van der Waals surface area (Å²) in [6.07, 6.45) is 4.54. The molecule has 1 aliphatic rings. The molecule has 0 radical (unpaired) electrons. The van der Waals surface area contributed by atoms with Crippen LogP contribution >= 0.6 is 0 Å². The maximum absolute atomic E-state index is 11.7. The smallest absolute Gasteiger partial charge is 0.162 e. The molecule has 0 amide bonds. The number of carbonyl (C=O) groups excluding carboxylic acids is 1. The number of hydrogen-bond donors (Lipinski definition) is 0. The number of benzene rings is 2. The molecule has 1 fully saturated rings. The summed E-state index contributed by atoms with van der Waals surface area (Å²) >= 11 is 0. The van der Waals surface area contributed by atoms with Crippen LogP contribution in [-0.2, 0) is 0 Å². The number of Topliss-reactive ketones (excluding diaryl/α,β-unsaturated/α-hetero) is 1. The Morgan fingerprint density at radius 2 is 1.75 bits per heavy atom. The van der Waals surface area contributed by atoms with Crippen molar-refractivity contribution < 1.29 is 4.79 Å². The maximum Gasteiger partial charge on any atom is 0.162 e. The van der Waals surface area contributed by atoms with Crippen LogP contribution in [0.5, 0.6) is 0 Å². The van der Waals surface area contributed by atoms with Gasteiger partial charge in [-0.2, -0.15) is 0 Å². The summed E-state index contributed by atoms with van der Waals surface area (Å²) < 4.78 is 0. The highest BCUT2D eigenvalue weighted by Gasteiger charge is 2.22. The summed E-state index contributed by atoms with van der Waals surface area (Å²) in [5.41, 5.74) is 4.83. The average Bonchev–Trinajstić information content (AvgIpc) is 2.45. The largest absolute Gasteiger partial charge is 0.294 e. The molecule has 2 aromatic rings. The molecule has 0 atom stereocenters. The van der Waals surface area contributed by atoms with Gasteiger partial charge in [0.05, 0.1) is 0 Å². The molecule has 0 aromatic heterocycles. The first kappa shape index (κ1) is 13.1. The van der Waals surface area contributed by atoms with Crippen LogP contribution in [0.2, 0.25) is 0 Å². The van der Waals surface area contributed by atoms with Crippen molar-refractivity contribution in [3.8, 4) is 11.1 Å². The van der Waals surface area contributed by atoms with Gasteiger partial charge in [-0.15, -0.1) is 0 Å².